The number of methoxy groups -OCH3 is 1. The van der Waals surface area contributed by atoms with Crippen LogP contribution in [0.3, 0.4) is 0 Å². The summed E-state index contributed by atoms with van der Waals surface area (Å²) in [6.07, 6.45) is 0.729. The van der Waals surface area contributed by atoms with Gasteiger partial charge < -0.3 is 14.8 Å². The Hall–Kier alpha value is -4.04. The van der Waals surface area contributed by atoms with Crippen molar-refractivity contribution in [3.63, 3.8) is 0 Å². The Morgan fingerprint density at radius 3 is 2.56 bits per heavy atom. The van der Waals surface area contributed by atoms with Gasteiger partial charge in [-0.2, -0.15) is 0 Å². The van der Waals surface area contributed by atoms with Gasteiger partial charge in [0.15, 0.2) is 0 Å². The predicted octanol–water partition coefficient (Wildman–Crippen LogP) is 3.88. The molecule has 0 saturated carbocycles. The molecule has 3 aromatic rings. The lowest BCUT2D eigenvalue weighted by Gasteiger charge is -2.29. The van der Waals surface area contributed by atoms with Gasteiger partial charge in [-0.1, -0.05) is 66.7 Å². The highest BCUT2D eigenvalue weighted by atomic mass is 16.7. The zero-order valence-electron chi connectivity index (χ0n) is 19.1. The van der Waals surface area contributed by atoms with Gasteiger partial charge in [-0.25, -0.2) is 10.3 Å². The highest BCUT2D eigenvalue weighted by Gasteiger charge is 2.30. The molecule has 0 spiro atoms. The van der Waals surface area contributed by atoms with Crippen molar-refractivity contribution in [2.75, 3.05) is 18.6 Å². The lowest BCUT2D eigenvalue weighted by molar-refractivity contribution is -0.122. The molecule has 0 aliphatic carbocycles. The topological polar surface area (TPSA) is 89.1 Å². The summed E-state index contributed by atoms with van der Waals surface area (Å²) in [7, 11) is 1.52. The van der Waals surface area contributed by atoms with E-state index in [1.54, 1.807) is 13.0 Å². The summed E-state index contributed by atoms with van der Waals surface area (Å²) in [5.41, 5.74) is 4.09. The Bertz CT molecular complexity index is 1180. The number of hydrogen-bond donors (Lipinski definition) is 2. The fourth-order valence-electron chi connectivity index (χ4n) is 3.72. The first-order valence-corrected chi connectivity index (χ1v) is 11.0. The summed E-state index contributed by atoms with van der Waals surface area (Å²) in [6, 6.07) is 21.9. The van der Waals surface area contributed by atoms with Gasteiger partial charge in [0, 0.05) is 11.5 Å². The van der Waals surface area contributed by atoms with Crippen LogP contribution in [-0.4, -0.2) is 37.8 Å². The third-order valence-electron chi connectivity index (χ3n) is 5.54. The minimum atomic E-state index is -0.839. The molecule has 1 unspecified atom stereocenters. The van der Waals surface area contributed by atoms with E-state index < -0.39 is 12.1 Å². The maximum absolute atomic E-state index is 13.3. The number of anilines is 1. The van der Waals surface area contributed by atoms with E-state index in [0.29, 0.717) is 11.6 Å². The maximum Gasteiger partial charge on any atom is 0.415 e. The zero-order valence-corrected chi connectivity index (χ0v) is 19.1. The number of fused-ring (bicyclic) bond motifs is 1. The van der Waals surface area contributed by atoms with Crippen LogP contribution in [0.15, 0.2) is 84.8 Å². The van der Waals surface area contributed by atoms with Crippen molar-refractivity contribution in [2.45, 2.75) is 25.7 Å². The average molecular weight is 462 g/mol. The van der Waals surface area contributed by atoms with Gasteiger partial charge in [0.1, 0.15) is 18.8 Å². The van der Waals surface area contributed by atoms with E-state index in [2.05, 4.69) is 10.8 Å². The highest BCUT2D eigenvalue weighted by Crippen LogP contribution is 2.29. The van der Waals surface area contributed by atoms with Crippen LogP contribution < -0.4 is 15.7 Å². The molecule has 3 aromatic carbocycles. The molecule has 0 radical (unpaired) electrons. The molecule has 2 atom stereocenters. The van der Waals surface area contributed by atoms with Crippen LogP contribution in [0.5, 0.6) is 0 Å². The fourth-order valence-corrected chi connectivity index (χ4v) is 3.72. The molecular weight excluding hydrogens is 434 g/mol. The molecular formula is C26H27N3O5. The van der Waals surface area contributed by atoms with Crippen LogP contribution in [0, 0.1) is 0 Å². The van der Waals surface area contributed by atoms with E-state index in [4.69, 9.17) is 14.3 Å². The van der Waals surface area contributed by atoms with E-state index in [1.165, 1.54) is 12.0 Å². The van der Waals surface area contributed by atoms with Crippen LogP contribution in [0.4, 0.5) is 10.5 Å². The van der Waals surface area contributed by atoms with Crippen LogP contribution in [0.1, 0.15) is 12.5 Å². The van der Waals surface area contributed by atoms with Crippen LogP contribution >= 0.6 is 0 Å². The minimum Gasteiger partial charge on any atom is -0.481 e. The van der Waals surface area contributed by atoms with Crippen molar-refractivity contribution in [3.8, 4) is 0 Å². The molecule has 8 heteroatoms. The van der Waals surface area contributed by atoms with Gasteiger partial charge in [-0.15, -0.1) is 0 Å². The molecule has 2 N–H and O–H groups in total. The number of nitrogens with zero attached hydrogens (tertiary/aromatic N) is 1. The number of carbonyl (C=O) groups is 2. The van der Waals surface area contributed by atoms with E-state index in [0.717, 1.165) is 16.3 Å². The van der Waals surface area contributed by atoms with Crippen molar-refractivity contribution in [3.05, 3.63) is 90.3 Å². The van der Waals surface area contributed by atoms with Gasteiger partial charge in [-0.05, 0) is 23.9 Å². The SMILES string of the molecule is COC1=CC(CNC(=O)[C@H](C)N(C(=O)OCc2ccccc2)c2cccc3ccccc23)ON1. The number of amides is 2. The summed E-state index contributed by atoms with van der Waals surface area (Å²) in [6.45, 7) is 1.98. The lowest BCUT2D eigenvalue weighted by atomic mass is 10.1. The molecule has 0 bridgehead atoms. The molecule has 1 heterocycles. The second-order valence-corrected chi connectivity index (χ2v) is 7.82. The summed E-state index contributed by atoms with van der Waals surface area (Å²) < 4.78 is 10.7. The molecule has 1 aliphatic heterocycles. The van der Waals surface area contributed by atoms with E-state index in [1.807, 2.05) is 72.8 Å². The molecule has 0 saturated heterocycles. The largest absolute Gasteiger partial charge is 0.481 e. The van der Waals surface area contributed by atoms with Crippen LogP contribution in [0.2, 0.25) is 0 Å². The number of benzene rings is 3. The monoisotopic (exact) mass is 461 g/mol. The standard InChI is InChI=1S/C26H27N3O5/c1-18(25(30)27-16-21-15-24(32-2)28-34-21)29(26(31)33-17-19-9-4-3-5-10-19)23-14-8-12-20-11-6-7-13-22(20)23/h3-15,18,21,28H,16-17H2,1-2H3,(H,27,30)/t18-,21?/m0/s1. The third kappa shape index (κ3) is 5.29. The number of nitrogens with one attached hydrogen (secondary N) is 2. The predicted molar refractivity (Wildman–Crippen MR) is 129 cm³/mol. The number of ether oxygens (including phenoxy) is 2. The molecule has 2 amide bonds. The van der Waals surface area contributed by atoms with E-state index in [-0.39, 0.29) is 25.2 Å². The van der Waals surface area contributed by atoms with Crippen molar-refractivity contribution < 1.29 is 23.9 Å². The molecule has 0 aromatic heterocycles. The Balaban J connectivity index is 1.55. The zero-order chi connectivity index (χ0) is 23.9. The molecule has 8 nitrogen and oxygen atoms in total. The molecule has 0 fully saturated rings. The summed E-state index contributed by atoms with van der Waals surface area (Å²) in [5, 5.41) is 4.64. The second-order valence-electron chi connectivity index (χ2n) is 7.82. The first kappa shape index (κ1) is 23.1. The summed E-state index contributed by atoms with van der Waals surface area (Å²) in [5.74, 6) is 0.140. The normalized spacial score (nSPS) is 15.7. The van der Waals surface area contributed by atoms with E-state index >= 15 is 0 Å². The molecule has 1 aliphatic rings. The van der Waals surface area contributed by atoms with Crippen molar-refractivity contribution >= 4 is 28.5 Å². The van der Waals surface area contributed by atoms with Crippen molar-refractivity contribution in [2.24, 2.45) is 0 Å². The van der Waals surface area contributed by atoms with Crippen molar-refractivity contribution in [1.29, 1.82) is 0 Å². The Labute approximate surface area is 198 Å². The molecule has 4 rings (SSSR count). The second kappa shape index (κ2) is 10.7. The minimum absolute atomic E-state index is 0.0987. The summed E-state index contributed by atoms with van der Waals surface area (Å²) >= 11 is 0. The number of hydroxylamine groups is 1. The Kier molecular flexibility index (Phi) is 7.29. The first-order chi connectivity index (χ1) is 16.6. The quantitative estimate of drug-likeness (QED) is 0.529. The van der Waals surface area contributed by atoms with Crippen LogP contribution in [-0.2, 0) is 25.7 Å². The number of rotatable bonds is 8. The lowest BCUT2D eigenvalue weighted by Crippen LogP contribution is -2.49. The number of carbonyl (C=O) groups excluding carboxylic acids is 2. The van der Waals surface area contributed by atoms with Gasteiger partial charge in [-0.3, -0.25) is 14.5 Å². The fraction of sp³-hybridized carbons (Fsp3) is 0.231. The molecule has 176 valence electrons. The molecule has 34 heavy (non-hydrogen) atoms. The highest BCUT2D eigenvalue weighted by molar-refractivity contribution is 6.05. The smallest absolute Gasteiger partial charge is 0.415 e. The maximum atomic E-state index is 13.3. The van der Waals surface area contributed by atoms with Gasteiger partial charge in [0.2, 0.25) is 11.8 Å². The summed E-state index contributed by atoms with van der Waals surface area (Å²) in [4.78, 5) is 33.1. The van der Waals surface area contributed by atoms with Gasteiger partial charge >= 0.3 is 6.09 Å². The number of hydrogen-bond acceptors (Lipinski definition) is 6. The van der Waals surface area contributed by atoms with Gasteiger partial charge in [0.05, 0.1) is 19.3 Å². The first-order valence-electron chi connectivity index (χ1n) is 11.0. The van der Waals surface area contributed by atoms with E-state index in [9.17, 15) is 9.59 Å². The Morgan fingerprint density at radius 1 is 1.06 bits per heavy atom. The Morgan fingerprint density at radius 2 is 1.79 bits per heavy atom. The average Bonchev–Trinajstić information content (AvgIpc) is 3.35. The third-order valence-corrected chi connectivity index (χ3v) is 5.54. The van der Waals surface area contributed by atoms with Crippen molar-refractivity contribution in [1.82, 2.24) is 10.8 Å². The van der Waals surface area contributed by atoms with Gasteiger partial charge in [0.25, 0.3) is 0 Å². The van der Waals surface area contributed by atoms with Crippen LogP contribution in [0.25, 0.3) is 10.8 Å².